The normalized spacial score (nSPS) is 37.5. The lowest BCUT2D eigenvalue weighted by molar-refractivity contribution is -0.156. The van der Waals surface area contributed by atoms with Gasteiger partial charge in [0, 0.05) is 22.6 Å². The highest BCUT2D eigenvalue weighted by atomic mass is 32.1. The molecule has 4 aliphatic rings. The molecule has 0 unspecified atom stereocenters. The number of aryl methyl sites for hydroxylation is 2. The van der Waals surface area contributed by atoms with Crippen LogP contribution in [0.3, 0.4) is 0 Å². The smallest absolute Gasteiger partial charge is 0.309 e. The number of hydrogen-bond donors (Lipinski definition) is 4. The van der Waals surface area contributed by atoms with E-state index >= 15 is 0 Å². The second-order valence-electron chi connectivity index (χ2n) is 23.8. The van der Waals surface area contributed by atoms with Crippen LogP contribution in [-0.2, 0) is 28.7 Å². The number of aromatic nitrogens is 2. The van der Waals surface area contributed by atoms with Crippen LogP contribution in [0.5, 0.6) is 0 Å². The van der Waals surface area contributed by atoms with Gasteiger partial charge in [0.15, 0.2) is 0 Å². The Balaban J connectivity index is 0.000000261. The van der Waals surface area contributed by atoms with E-state index in [-0.39, 0.29) is 47.1 Å². The molecule has 0 aromatic carbocycles. The van der Waals surface area contributed by atoms with Gasteiger partial charge in [-0.15, -0.1) is 22.7 Å². The first kappa shape index (κ1) is 57.8. The third-order valence-electron chi connectivity index (χ3n) is 17.2. The molecule has 4 N–H and O–H groups in total. The van der Waals surface area contributed by atoms with Gasteiger partial charge in [-0.2, -0.15) is 0 Å². The summed E-state index contributed by atoms with van der Waals surface area (Å²) in [5.41, 5.74) is 1.65. The number of thiazole rings is 2. The minimum Gasteiger partial charge on any atom is -0.458 e. The fraction of sp³-hybridized carbons (Fsp3) is 0.750. The zero-order valence-corrected chi connectivity index (χ0v) is 46.3. The average molecular weight is 1010 g/mol. The van der Waals surface area contributed by atoms with Crippen molar-refractivity contribution in [1.29, 1.82) is 0 Å². The predicted octanol–water partition coefficient (Wildman–Crippen LogP) is 10.7. The number of nitrogens with zero attached hydrogens (tertiary/aromatic N) is 2. The zero-order valence-electron chi connectivity index (χ0n) is 44.7. The number of Topliss-reactive ketones (excluding diaryl/α,β-unsaturated/α-hetero) is 2. The molecule has 392 valence electrons. The van der Waals surface area contributed by atoms with Crippen molar-refractivity contribution in [2.24, 2.45) is 57.2 Å². The van der Waals surface area contributed by atoms with Crippen molar-refractivity contribution in [3.05, 3.63) is 43.3 Å². The topological polar surface area (TPSA) is 193 Å². The third-order valence-corrected chi connectivity index (χ3v) is 18.7. The molecular formula is C56H86N2O10S2. The number of cyclic esters (lactones) is 2. The van der Waals surface area contributed by atoms with Crippen LogP contribution in [0, 0.1) is 71.0 Å². The minimum absolute atomic E-state index is 0.0138. The van der Waals surface area contributed by atoms with Crippen LogP contribution >= 0.6 is 22.7 Å². The van der Waals surface area contributed by atoms with Gasteiger partial charge in [-0.1, -0.05) is 82.1 Å². The molecule has 2 aliphatic carbocycles. The Hall–Kier alpha value is -3.14. The number of hydrogen-bond acceptors (Lipinski definition) is 14. The fourth-order valence-electron chi connectivity index (χ4n) is 11.1. The maximum Gasteiger partial charge on any atom is 0.309 e. The number of esters is 2. The van der Waals surface area contributed by atoms with E-state index in [4.69, 9.17) is 9.47 Å². The maximum atomic E-state index is 13.2. The molecule has 70 heavy (non-hydrogen) atoms. The van der Waals surface area contributed by atoms with Crippen molar-refractivity contribution < 1.29 is 49.1 Å². The Morgan fingerprint density at radius 2 is 0.957 bits per heavy atom. The second-order valence-corrected chi connectivity index (χ2v) is 25.9. The molecule has 2 aromatic heterocycles. The summed E-state index contributed by atoms with van der Waals surface area (Å²) in [7, 11) is 0. The van der Waals surface area contributed by atoms with E-state index in [2.05, 4.69) is 23.8 Å². The summed E-state index contributed by atoms with van der Waals surface area (Å²) in [5, 5.41) is 49.4. The summed E-state index contributed by atoms with van der Waals surface area (Å²) in [4.78, 5) is 61.4. The lowest BCUT2D eigenvalue weighted by atomic mass is 9.73. The number of ether oxygens (including phenoxy) is 2. The van der Waals surface area contributed by atoms with Gasteiger partial charge in [0.25, 0.3) is 0 Å². The quantitative estimate of drug-likeness (QED) is 0.212. The lowest BCUT2D eigenvalue weighted by Crippen LogP contribution is -2.45. The van der Waals surface area contributed by atoms with Crippen molar-refractivity contribution in [3.8, 4) is 0 Å². The average Bonchev–Trinajstić information content (AvgIpc) is 3.94. The Bertz CT molecular complexity index is 2060. The van der Waals surface area contributed by atoms with Gasteiger partial charge in [-0.25, -0.2) is 9.97 Å². The Labute approximate surface area is 426 Å². The van der Waals surface area contributed by atoms with Crippen LogP contribution in [0.4, 0.5) is 0 Å². The fourth-order valence-corrected chi connectivity index (χ4v) is 12.2. The van der Waals surface area contributed by atoms with E-state index < -0.39 is 71.2 Å². The van der Waals surface area contributed by atoms with Crippen molar-refractivity contribution in [1.82, 2.24) is 9.97 Å². The highest BCUT2D eigenvalue weighted by Crippen LogP contribution is 2.59. The number of ketones is 2. The van der Waals surface area contributed by atoms with E-state index in [1.54, 1.807) is 64.2 Å². The van der Waals surface area contributed by atoms with E-state index in [1.165, 1.54) is 0 Å². The first-order valence-electron chi connectivity index (χ1n) is 25.9. The molecule has 2 aromatic rings. The molecule has 4 heterocycles. The van der Waals surface area contributed by atoms with Crippen LogP contribution in [0.15, 0.2) is 21.9 Å². The monoisotopic (exact) mass is 1010 g/mol. The van der Waals surface area contributed by atoms with E-state index in [0.717, 1.165) is 96.8 Å². The molecule has 2 saturated carbocycles. The first-order valence-corrected chi connectivity index (χ1v) is 27.7. The van der Waals surface area contributed by atoms with Gasteiger partial charge in [-0.3, -0.25) is 19.2 Å². The molecule has 2 aliphatic heterocycles. The van der Waals surface area contributed by atoms with Crippen molar-refractivity contribution >= 4 is 58.3 Å². The number of fused-ring (bicyclic) bond motifs is 2. The highest BCUT2D eigenvalue weighted by molar-refractivity contribution is 7.09. The largest absolute Gasteiger partial charge is 0.458 e. The highest BCUT2D eigenvalue weighted by Gasteiger charge is 2.52. The summed E-state index contributed by atoms with van der Waals surface area (Å²) in [6, 6.07) is 0. The van der Waals surface area contributed by atoms with Gasteiger partial charge < -0.3 is 29.9 Å². The summed E-state index contributed by atoms with van der Waals surface area (Å²) < 4.78 is 11.9. The molecule has 12 nitrogen and oxygen atoms in total. The van der Waals surface area contributed by atoms with Crippen molar-refractivity contribution in [2.75, 3.05) is 0 Å². The summed E-state index contributed by atoms with van der Waals surface area (Å²) in [6.45, 7) is 26.5. The van der Waals surface area contributed by atoms with Crippen LogP contribution in [0.2, 0.25) is 0 Å². The molecule has 2 saturated heterocycles. The van der Waals surface area contributed by atoms with Gasteiger partial charge in [0.1, 0.15) is 23.8 Å². The number of rotatable bonds is 4. The Morgan fingerprint density at radius 3 is 1.27 bits per heavy atom. The molecule has 4 fully saturated rings. The number of aliphatic hydroxyl groups is 4. The van der Waals surface area contributed by atoms with Gasteiger partial charge in [0.05, 0.1) is 69.5 Å². The van der Waals surface area contributed by atoms with E-state index in [0.29, 0.717) is 11.8 Å². The molecule has 14 heteroatoms. The van der Waals surface area contributed by atoms with Gasteiger partial charge in [-0.05, 0) is 137 Å². The first-order chi connectivity index (χ1) is 32.5. The third kappa shape index (κ3) is 14.5. The molecule has 0 spiro atoms. The summed E-state index contributed by atoms with van der Waals surface area (Å²) in [5.74, 6) is -1.85. The molecule has 0 radical (unpaired) electrons. The maximum absolute atomic E-state index is 13.2. The number of carbonyl (C=O) groups excluding carboxylic acids is 4. The summed E-state index contributed by atoms with van der Waals surface area (Å²) >= 11 is 3.17. The standard InChI is InChI=1S/2C28H43NO5S/c2*1-16-9-8-10-28(7)14-20(28)12-22(17(2)11-21-15-35-19(4)29-21)34-24(31)13-23(30)27(5,6)26(33)18(3)25(16)32/h2*11,15-16,18,20,22-23,25,30,32H,8-10,12-14H2,1-7H3/b2*17-11+/t2*16-,18+,20+,22-,23-,25-,28+/m00/s1. The van der Waals surface area contributed by atoms with Crippen LogP contribution in [-0.4, -0.2) is 90.5 Å². The lowest BCUT2D eigenvalue weighted by Gasteiger charge is -2.34. The molecule has 0 bridgehead atoms. The SMILES string of the molecule is C/C(=C\c1csc(C)n1)[C@@H]1C[C@@H]2C[C@@]2(C)CCC[C@H](C)[C@H](O)[C@@H](C)C(=O)C(C)(C)[C@@H](O)CC(=O)O1.C/C(=C\c1csc(C)n1)[C@@H]1C[C@@H]2C[C@@]2(C)CCC[C@H](C)[C@H](O)[C@@H](C)C(=O)C(C)(C)[C@@H](O)CC(=O)O1. The van der Waals surface area contributed by atoms with Crippen LogP contribution in [0.25, 0.3) is 12.2 Å². The number of aliphatic hydroxyl groups excluding tert-OH is 4. The van der Waals surface area contributed by atoms with E-state index in [9.17, 15) is 39.6 Å². The molecule has 14 atom stereocenters. The Morgan fingerprint density at radius 1 is 0.614 bits per heavy atom. The van der Waals surface area contributed by atoms with Gasteiger partial charge in [0.2, 0.25) is 0 Å². The predicted molar refractivity (Wildman–Crippen MR) is 278 cm³/mol. The molecule has 6 rings (SSSR count). The number of carbonyl (C=O) groups is 4. The second kappa shape index (κ2) is 23.4. The minimum atomic E-state index is -1.20. The molecule has 0 amide bonds. The molecular weight excluding hydrogens is 925 g/mol. The van der Waals surface area contributed by atoms with Crippen molar-refractivity contribution in [2.45, 2.75) is 211 Å². The van der Waals surface area contributed by atoms with Crippen LogP contribution < -0.4 is 0 Å². The van der Waals surface area contributed by atoms with Crippen molar-refractivity contribution in [3.63, 3.8) is 0 Å². The Kier molecular flexibility index (Phi) is 19.3. The van der Waals surface area contributed by atoms with E-state index in [1.807, 2.05) is 64.5 Å². The summed E-state index contributed by atoms with van der Waals surface area (Å²) in [6.07, 6.45) is 8.12. The van der Waals surface area contributed by atoms with Crippen LogP contribution in [0.1, 0.15) is 182 Å². The van der Waals surface area contributed by atoms with Gasteiger partial charge >= 0.3 is 11.9 Å². The zero-order chi connectivity index (χ0) is 52.3.